The lowest BCUT2D eigenvalue weighted by molar-refractivity contribution is 0.0929. The molecule has 0 radical (unpaired) electrons. The topological polar surface area (TPSA) is 61.6 Å². The number of amides is 1. The lowest BCUT2D eigenvalue weighted by Gasteiger charge is -2.29. The summed E-state index contributed by atoms with van der Waals surface area (Å²) in [6, 6.07) is 10.4. The number of nitrogens with two attached hydrogens (primary N) is 1. The van der Waals surface area contributed by atoms with Crippen LogP contribution in [0.15, 0.2) is 36.4 Å². The van der Waals surface area contributed by atoms with E-state index in [1.807, 2.05) is 38.4 Å². The highest BCUT2D eigenvalue weighted by atomic mass is 32.2. The van der Waals surface area contributed by atoms with Crippen molar-refractivity contribution in [3.8, 4) is 0 Å². The highest BCUT2D eigenvalue weighted by Gasteiger charge is 2.33. The third kappa shape index (κ3) is 8.24. The summed E-state index contributed by atoms with van der Waals surface area (Å²) in [5, 5.41) is 3.21. The molecule has 4 atom stereocenters. The van der Waals surface area contributed by atoms with Gasteiger partial charge in [-0.1, -0.05) is 44.5 Å². The van der Waals surface area contributed by atoms with Gasteiger partial charge in [-0.3, -0.25) is 4.79 Å². The number of hydrogen-bond acceptors (Lipinski definition) is 4. The largest absolute Gasteiger partial charge is 0.374 e. The van der Waals surface area contributed by atoms with E-state index in [2.05, 4.69) is 53.2 Å². The molecule has 210 valence electrons. The van der Waals surface area contributed by atoms with Gasteiger partial charge in [0.15, 0.2) is 0 Å². The van der Waals surface area contributed by atoms with Crippen LogP contribution in [0.2, 0.25) is 0 Å². The normalized spacial score (nSPS) is 18.5. The van der Waals surface area contributed by atoms with Gasteiger partial charge in [-0.15, -0.1) is 9.39 Å². The van der Waals surface area contributed by atoms with Crippen LogP contribution < -0.4 is 20.3 Å². The molecule has 3 N–H and O–H groups in total. The number of carbonyl (C=O) groups is 1. The molecule has 2 aromatic rings. The summed E-state index contributed by atoms with van der Waals surface area (Å²) in [7, 11) is 2.54. The SMILES string of the molecule is C=S(=C)(C)N(C)c1cc(C(=O)N[C@@H](Cc2cc(C)cc(F)c2)[C@@H](N)CCCC)cc(N(C)CC2CC2C)c1. The predicted molar refractivity (Wildman–Crippen MR) is 167 cm³/mol. The second-order valence-corrected chi connectivity index (χ2v) is 14.5. The molecule has 0 aromatic heterocycles. The molecule has 1 saturated carbocycles. The second-order valence-electron chi connectivity index (χ2n) is 11.5. The summed E-state index contributed by atoms with van der Waals surface area (Å²) in [5.74, 6) is 9.51. The zero-order valence-electron chi connectivity index (χ0n) is 24.1. The predicted octanol–water partition coefficient (Wildman–Crippen LogP) is 5.73. The maximum absolute atomic E-state index is 14.1. The highest BCUT2D eigenvalue weighted by molar-refractivity contribution is 8.28. The summed E-state index contributed by atoms with van der Waals surface area (Å²) in [5.41, 5.74) is 10.8. The maximum atomic E-state index is 14.1. The van der Waals surface area contributed by atoms with Crippen molar-refractivity contribution in [2.24, 2.45) is 17.6 Å². The molecule has 1 aliphatic carbocycles. The first-order valence-corrected chi connectivity index (χ1v) is 16.0. The summed E-state index contributed by atoms with van der Waals surface area (Å²) >= 11 is 0. The van der Waals surface area contributed by atoms with E-state index in [-0.39, 0.29) is 23.8 Å². The fraction of sp³-hybridized carbons (Fsp3) is 0.516. The van der Waals surface area contributed by atoms with E-state index < -0.39 is 9.39 Å². The third-order valence-electron chi connectivity index (χ3n) is 7.70. The lowest BCUT2D eigenvalue weighted by atomic mass is 9.95. The molecule has 2 aromatic carbocycles. The molecule has 0 aliphatic heterocycles. The second kappa shape index (κ2) is 12.6. The Bertz CT molecular complexity index is 1210. The molecule has 5 nitrogen and oxygen atoms in total. The number of unbranched alkanes of at least 4 members (excludes halogenated alkanes) is 1. The zero-order chi connectivity index (χ0) is 28.2. The van der Waals surface area contributed by atoms with E-state index in [1.165, 1.54) is 18.6 Å². The molecule has 1 amide bonds. The van der Waals surface area contributed by atoms with Gasteiger partial charge in [0, 0.05) is 49.7 Å². The molecular formula is C31H47FN4OS. The van der Waals surface area contributed by atoms with Crippen LogP contribution in [0.3, 0.4) is 0 Å². The number of benzene rings is 2. The molecule has 3 rings (SSSR count). The summed E-state index contributed by atoms with van der Waals surface area (Å²) < 4.78 is 16.2. The first-order chi connectivity index (χ1) is 17.8. The molecule has 2 unspecified atom stereocenters. The fourth-order valence-corrected chi connectivity index (χ4v) is 5.49. The van der Waals surface area contributed by atoms with Gasteiger partial charge in [-0.05, 0) is 85.7 Å². The minimum Gasteiger partial charge on any atom is -0.374 e. The maximum Gasteiger partial charge on any atom is 0.251 e. The van der Waals surface area contributed by atoms with Crippen molar-refractivity contribution in [1.29, 1.82) is 0 Å². The summed E-state index contributed by atoms with van der Waals surface area (Å²) in [6.07, 6.45) is 6.53. The first kappa shape index (κ1) is 30.0. The van der Waals surface area contributed by atoms with Crippen molar-refractivity contribution in [3.05, 3.63) is 58.9 Å². The Labute approximate surface area is 230 Å². The van der Waals surface area contributed by atoms with Crippen LogP contribution in [-0.2, 0) is 6.42 Å². The molecule has 38 heavy (non-hydrogen) atoms. The minimum atomic E-state index is -1.53. The van der Waals surface area contributed by atoms with Crippen LogP contribution >= 0.6 is 9.39 Å². The Morgan fingerprint density at radius 2 is 1.84 bits per heavy atom. The molecular weight excluding hydrogens is 495 g/mol. The molecule has 0 bridgehead atoms. The van der Waals surface area contributed by atoms with Gasteiger partial charge in [-0.2, -0.15) is 0 Å². The van der Waals surface area contributed by atoms with E-state index in [1.54, 1.807) is 0 Å². The standard InChI is InChI=1S/C31H47FN4OS/c1-9-10-11-29(33)30(16-23-12-21(2)13-26(32)15-23)34-31(37)24-17-27(35(4)20-25-14-22(25)3)19-28(18-24)36(5)38(6,7)8/h12-13,15,17-19,22,25,29-30H,6-7,9-11,14,16,20,33H2,1-5,8H3,(H,34,37)/t22?,25?,29-,30-/m0/s1. The van der Waals surface area contributed by atoms with E-state index in [0.29, 0.717) is 17.9 Å². The van der Waals surface area contributed by atoms with Gasteiger partial charge in [0.2, 0.25) is 0 Å². The van der Waals surface area contributed by atoms with Crippen molar-refractivity contribution < 1.29 is 9.18 Å². The van der Waals surface area contributed by atoms with Gasteiger partial charge in [0.1, 0.15) is 5.82 Å². The summed E-state index contributed by atoms with van der Waals surface area (Å²) in [4.78, 5) is 16.0. The molecule has 1 aliphatic rings. The fourth-order valence-electron chi connectivity index (χ4n) is 4.88. The Hall–Kier alpha value is -2.51. The van der Waals surface area contributed by atoms with Crippen molar-refractivity contribution >= 4 is 38.4 Å². The number of rotatable bonds is 13. The number of nitrogens with one attached hydrogen (secondary N) is 1. The van der Waals surface area contributed by atoms with Crippen molar-refractivity contribution in [2.75, 3.05) is 36.1 Å². The quantitative estimate of drug-likeness (QED) is 0.317. The third-order valence-corrected chi connectivity index (χ3v) is 9.23. The number of nitrogens with zero attached hydrogens (tertiary/aromatic N) is 2. The molecule has 0 saturated heterocycles. The van der Waals surface area contributed by atoms with Gasteiger partial charge in [-0.25, -0.2) is 4.39 Å². The molecule has 0 heterocycles. The van der Waals surface area contributed by atoms with Gasteiger partial charge >= 0.3 is 0 Å². The van der Waals surface area contributed by atoms with Crippen molar-refractivity contribution in [1.82, 2.24) is 5.32 Å². The van der Waals surface area contributed by atoms with Gasteiger partial charge in [0.05, 0.1) is 0 Å². The minimum absolute atomic E-state index is 0.176. The molecule has 0 spiro atoms. The Kier molecular flexibility index (Phi) is 9.93. The average molecular weight is 543 g/mol. The van der Waals surface area contributed by atoms with Crippen LogP contribution in [0, 0.1) is 24.6 Å². The van der Waals surface area contributed by atoms with Crippen molar-refractivity contribution in [3.63, 3.8) is 0 Å². The number of hydrogen-bond donors (Lipinski definition) is 2. The first-order valence-electron chi connectivity index (χ1n) is 13.7. The van der Waals surface area contributed by atoms with Gasteiger partial charge < -0.3 is 20.3 Å². The Morgan fingerprint density at radius 3 is 2.42 bits per heavy atom. The zero-order valence-corrected chi connectivity index (χ0v) is 24.9. The molecule has 7 heteroatoms. The number of carbonyl (C=O) groups excluding carboxylic acids is 1. The highest BCUT2D eigenvalue weighted by Crippen LogP contribution is 2.39. The van der Waals surface area contributed by atoms with E-state index in [0.717, 1.165) is 54.2 Å². The smallest absolute Gasteiger partial charge is 0.251 e. The lowest BCUT2D eigenvalue weighted by Crippen LogP contribution is -2.49. The number of anilines is 2. The Morgan fingerprint density at radius 1 is 1.18 bits per heavy atom. The van der Waals surface area contributed by atoms with Gasteiger partial charge in [0.25, 0.3) is 5.91 Å². The molecule has 1 fully saturated rings. The van der Waals surface area contributed by atoms with Crippen LogP contribution in [-0.4, -0.2) is 56.6 Å². The Balaban J connectivity index is 1.92. The van der Waals surface area contributed by atoms with Crippen LogP contribution in [0.4, 0.5) is 15.8 Å². The monoisotopic (exact) mass is 542 g/mol. The van der Waals surface area contributed by atoms with E-state index in [4.69, 9.17) is 5.73 Å². The van der Waals surface area contributed by atoms with Crippen LogP contribution in [0.1, 0.15) is 61.0 Å². The number of halogens is 1. The van der Waals surface area contributed by atoms with E-state index >= 15 is 0 Å². The van der Waals surface area contributed by atoms with E-state index in [9.17, 15) is 9.18 Å². The van der Waals surface area contributed by atoms with Crippen LogP contribution in [0.25, 0.3) is 0 Å². The average Bonchev–Trinajstić information content (AvgIpc) is 3.53. The summed E-state index contributed by atoms with van der Waals surface area (Å²) in [6.45, 7) is 7.24. The van der Waals surface area contributed by atoms with Crippen molar-refractivity contribution in [2.45, 2.75) is 65.0 Å². The number of aryl methyl sites for hydroxylation is 1. The van der Waals surface area contributed by atoms with Crippen LogP contribution in [0.5, 0.6) is 0 Å².